The van der Waals surface area contributed by atoms with Crippen molar-refractivity contribution in [3.8, 4) is 11.3 Å². The largest absolute Gasteiger partial charge is 0.341 e. The van der Waals surface area contributed by atoms with Crippen molar-refractivity contribution >= 4 is 16.7 Å². The van der Waals surface area contributed by atoms with Crippen LogP contribution in [-0.2, 0) is 6.54 Å². The van der Waals surface area contributed by atoms with Gasteiger partial charge in [0.2, 0.25) is 5.95 Å². The lowest BCUT2D eigenvalue weighted by Crippen LogP contribution is -2.38. The van der Waals surface area contributed by atoms with E-state index in [9.17, 15) is 4.39 Å². The Bertz CT molecular complexity index is 1190. The number of piperidine rings is 1. The second kappa shape index (κ2) is 9.36. The lowest BCUT2D eigenvalue weighted by Gasteiger charge is -2.32. The molecule has 32 heavy (non-hydrogen) atoms. The van der Waals surface area contributed by atoms with Gasteiger partial charge in [0.05, 0.1) is 11.9 Å². The number of aromatic nitrogens is 4. The molecule has 1 N–H and O–H groups in total. The molecule has 0 unspecified atom stereocenters. The summed E-state index contributed by atoms with van der Waals surface area (Å²) in [6, 6.07) is 11.7. The molecule has 0 amide bonds. The number of nitrogens with one attached hydrogen (secondary N) is 1. The van der Waals surface area contributed by atoms with E-state index in [0.29, 0.717) is 18.0 Å². The number of hydrogen-bond donors (Lipinski definition) is 1. The molecule has 162 valence electrons. The summed E-state index contributed by atoms with van der Waals surface area (Å²) in [5.41, 5.74) is 2.28. The topological polar surface area (TPSA) is 66.8 Å². The van der Waals surface area contributed by atoms with E-state index < -0.39 is 0 Å². The summed E-state index contributed by atoms with van der Waals surface area (Å²) in [5, 5.41) is 5.56. The van der Waals surface area contributed by atoms with E-state index in [1.54, 1.807) is 18.6 Å². The lowest BCUT2D eigenvalue weighted by atomic mass is 9.97. The fraction of sp³-hybridized carbons (Fsp3) is 0.280. The Hall–Kier alpha value is -3.45. The highest BCUT2D eigenvalue weighted by Gasteiger charge is 2.20. The summed E-state index contributed by atoms with van der Waals surface area (Å²) in [4.78, 5) is 19.6. The quantitative estimate of drug-likeness (QED) is 0.496. The molecular weight excluding hydrogens is 403 g/mol. The van der Waals surface area contributed by atoms with Crippen molar-refractivity contribution in [1.29, 1.82) is 0 Å². The molecule has 0 atom stereocenters. The minimum absolute atomic E-state index is 0.287. The Labute approximate surface area is 186 Å². The van der Waals surface area contributed by atoms with E-state index in [1.165, 1.54) is 6.20 Å². The SMILES string of the molecule is Fc1cnc(-c2cncc3ccccc23)cc1CNCC1CCN(c2ncccn2)CC1. The third-order valence-electron chi connectivity index (χ3n) is 6.08. The second-order valence-corrected chi connectivity index (χ2v) is 8.18. The van der Waals surface area contributed by atoms with Crippen molar-refractivity contribution < 1.29 is 4.39 Å². The van der Waals surface area contributed by atoms with Crippen molar-refractivity contribution in [2.45, 2.75) is 19.4 Å². The molecule has 0 bridgehead atoms. The van der Waals surface area contributed by atoms with Crippen LogP contribution in [-0.4, -0.2) is 39.6 Å². The smallest absolute Gasteiger partial charge is 0.225 e. The van der Waals surface area contributed by atoms with Gasteiger partial charge < -0.3 is 10.2 Å². The number of pyridine rings is 2. The number of rotatable bonds is 6. The zero-order chi connectivity index (χ0) is 21.8. The molecule has 4 aromatic rings. The Morgan fingerprint density at radius 2 is 1.78 bits per heavy atom. The molecule has 0 aliphatic carbocycles. The van der Waals surface area contributed by atoms with Gasteiger partial charge in [-0.1, -0.05) is 24.3 Å². The second-order valence-electron chi connectivity index (χ2n) is 8.18. The predicted octanol–water partition coefficient (Wildman–Crippen LogP) is 4.23. The molecule has 6 nitrogen and oxygen atoms in total. The highest BCUT2D eigenvalue weighted by molar-refractivity contribution is 5.94. The van der Waals surface area contributed by atoms with Crippen LogP contribution in [0.3, 0.4) is 0 Å². The molecular formula is C25H25FN6. The fourth-order valence-electron chi connectivity index (χ4n) is 4.29. The summed E-state index contributed by atoms with van der Waals surface area (Å²) >= 11 is 0. The van der Waals surface area contributed by atoms with Gasteiger partial charge in [-0.2, -0.15) is 0 Å². The van der Waals surface area contributed by atoms with Gasteiger partial charge in [0, 0.05) is 60.9 Å². The zero-order valence-corrected chi connectivity index (χ0v) is 17.8. The van der Waals surface area contributed by atoms with E-state index in [2.05, 4.69) is 30.2 Å². The molecule has 1 aromatic carbocycles. The number of fused-ring (bicyclic) bond motifs is 1. The van der Waals surface area contributed by atoms with Gasteiger partial charge in [-0.15, -0.1) is 0 Å². The minimum Gasteiger partial charge on any atom is -0.341 e. The summed E-state index contributed by atoms with van der Waals surface area (Å²) in [7, 11) is 0. The van der Waals surface area contributed by atoms with Crippen LogP contribution in [0.1, 0.15) is 18.4 Å². The molecule has 1 fully saturated rings. The first-order valence-electron chi connectivity index (χ1n) is 11.0. The number of nitrogens with zero attached hydrogens (tertiary/aromatic N) is 5. The first kappa shape index (κ1) is 20.5. The maximum Gasteiger partial charge on any atom is 0.225 e. The zero-order valence-electron chi connectivity index (χ0n) is 17.8. The first-order chi connectivity index (χ1) is 15.8. The molecule has 5 rings (SSSR count). The lowest BCUT2D eigenvalue weighted by molar-refractivity contribution is 0.378. The van der Waals surface area contributed by atoms with Crippen LogP contribution >= 0.6 is 0 Å². The van der Waals surface area contributed by atoms with Crippen molar-refractivity contribution in [2.75, 3.05) is 24.5 Å². The third-order valence-corrected chi connectivity index (χ3v) is 6.08. The van der Waals surface area contributed by atoms with Gasteiger partial charge in [-0.05, 0) is 42.8 Å². The first-order valence-corrected chi connectivity index (χ1v) is 11.0. The average Bonchev–Trinajstić information content (AvgIpc) is 2.86. The van der Waals surface area contributed by atoms with E-state index in [1.807, 2.05) is 42.6 Å². The molecule has 3 aromatic heterocycles. The number of benzene rings is 1. The van der Waals surface area contributed by atoms with Gasteiger partial charge >= 0.3 is 0 Å². The monoisotopic (exact) mass is 428 g/mol. The highest BCUT2D eigenvalue weighted by atomic mass is 19.1. The van der Waals surface area contributed by atoms with Gasteiger partial charge in [0.25, 0.3) is 0 Å². The van der Waals surface area contributed by atoms with Gasteiger partial charge in [-0.25, -0.2) is 14.4 Å². The Morgan fingerprint density at radius 1 is 0.969 bits per heavy atom. The van der Waals surface area contributed by atoms with Gasteiger partial charge in [-0.3, -0.25) is 9.97 Å². The number of halogens is 1. The minimum atomic E-state index is -0.287. The molecule has 7 heteroatoms. The number of anilines is 1. The summed E-state index contributed by atoms with van der Waals surface area (Å²) < 4.78 is 14.5. The van der Waals surface area contributed by atoms with Crippen LogP contribution in [0.5, 0.6) is 0 Å². The Kier molecular flexibility index (Phi) is 5.98. The maximum absolute atomic E-state index is 14.5. The fourth-order valence-corrected chi connectivity index (χ4v) is 4.29. The summed E-state index contributed by atoms with van der Waals surface area (Å²) in [6.45, 7) is 3.22. The molecule has 1 saturated heterocycles. The van der Waals surface area contributed by atoms with Crippen molar-refractivity contribution in [2.24, 2.45) is 5.92 Å². The summed E-state index contributed by atoms with van der Waals surface area (Å²) in [5.74, 6) is 1.07. The van der Waals surface area contributed by atoms with Crippen molar-refractivity contribution in [1.82, 2.24) is 25.3 Å². The molecule has 0 spiro atoms. The van der Waals surface area contributed by atoms with Crippen LogP contribution in [0, 0.1) is 11.7 Å². The average molecular weight is 429 g/mol. The summed E-state index contributed by atoms with van der Waals surface area (Å²) in [6.07, 6.45) is 10.6. The highest BCUT2D eigenvalue weighted by Crippen LogP contribution is 2.27. The van der Waals surface area contributed by atoms with Crippen LogP contribution in [0.2, 0.25) is 0 Å². The van der Waals surface area contributed by atoms with Crippen molar-refractivity contribution in [3.63, 3.8) is 0 Å². The molecule has 0 saturated carbocycles. The molecule has 1 aliphatic rings. The maximum atomic E-state index is 14.5. The number of hydrogen-bond acceptors (Lipinski definition) is 6. The van der Waals surface area contributed by atoms with Gasteiger partial charge in [0.1, 0.15) is 5.82 Å². The van der Waals surface area contributed by atoms with Crippen LogP contribution < -0.4 is 10.2 Å². The van der Waals surface area contributed by atoms with Gasteiger partial charge in [0.15, 0.2) is 0 Å². The standard InChI is InChI=1S/C25H25FN6/c26-23-17-31-24(22-16-28-14-19-4-1-2-5-21(19)22)12-20(23)15-27-13-18-6-10-32(11-7-18)25-29-8-3-9-30-25/h1-5,8-9,12,14,16-18,27H,6-7,10-11,13,15H2. The van der Waals surface area contributed by atoms with Crippen molar-refractivity contribution in [3.05, 3.63) is 78.8 Å². The van der Waals surface area contributed by atoms with Crippen LogP contribution in [0.15, 0.2) is 67.4 Å². The molecule has 1 aliphatic heterocycles. The van der Waals surface area contributed by atoms with E-state index in [0.717, 1.165) is 60.5 Å². The third kappa shape index (κ3) is 4.43. The predicted molar refractivity (Wildman–Crippen MR) is 124 cm³/mol. The van der Waals surface area contributed by atoms with Crippen LogP contribution in [0.4, 0.5) is 10.3 Å². The van der Waals surface area contributed by atoms with E-state index in [4.69, 9.17) is 0 Å². The van der Waals surface area contributed by atoms with Crippen LogP contribution in [0.25, 0.3) is 22.0 Å². The Balaban J connectivity index is 1.21. The normalized spacial score (nSPS) is 14.7. The molecule has 0 radical (unpaired) electrons. The molecule has 4 heterocycles. The Morgan fingerprint density at radius 3 is 2.62 bits per heavy atom. The van der Waals surface area contributed by atoms with E-state index >= 15 is 0 Å². The van der Waals surface area contributed by atoms with E-state index in [-0.39, 0.29) is 5.82 Å².